The molecule has 0 radical (unpaired) electrons. The van der Waals surface area contributed by atoms with Gasteiger partial charge in [-0.25, -0.2) is 4.79 Å². The summed E-state index contributed by atoms with van der Waals surface area (Å²) in [4.78, 5) is 15.0. The van der Waals surface area contributed by atoms with E-state index in [0.717, 1.165) is 42.6 Å². The van der Waals surface area contributed by atoms with Gasteiger partial charge < -0.3 is 4.74 Å². The summed E-state index contributed by atoms with van der Waals surface area (Å²) in [5.41, 5.74) is 1.78. The van der Waals surface area contributed by atoms with Gasteiger partial charge in [-0.3, -0.25) is 0 Å². The van der Waals surface area contributed by atoms with Crippen molar-refractivity contribution in [1.29, 1.82) is 0 Å². The number of benzene rings is 1. The standard InChI is InChI=1S/C15H19NO2/c1-12-6-7-14(18-2)13(10-12)15(16-11-17)8-4-3-5-9-15/h6-7,10H,3-5,8-9H2,1-2H3. The Kier molecular flexibility index (Phi) is 3.83. The highest BCUT2D eigenvalue weighted by molar-refractivity contribution is 5.46. The molecule has 1 saturated carbocycles. The summed E-state index contributed by atoms with van der Waals surface area (Å²) in [6.45, 7) is 2.05. The van der Waals surface area contributed by atoms with Crippen LogP contribution in [0.15, 0.2) is 23.2 Å². The van der Waals surface area contributed by atoms with Crippen LogP contribution in [0.5, 0.6) is 5.75 Å². The van der Waals surface area contributed by atoms with Crippen molar-refractivity contribution in [2.24, 2.45) is 4.99 Å². The van der Waals surface area contributed by atoms with Crippen LogP contribution in [0, 0.1) is 6.92 Å². The Labute approximate surface area is 108 Å². The lowest BCUT2D eigenvalue weighted by Gasteiger charge is -2.33. The summed E-state index contributed by atoms with van der Waals surface area (Å²) in [6.07, 6.45) is 6.99. The molecule has 3 heteroatoms. The number of aryl methyl sites for hydroxylation is 1. The van der Waals surface area contributed by atoms with E-state index in [1.165, 1.54) is 6.42 Å². The summed E-state index contributed by atoms with van der Waals surface area (Å²) < 4.78 is 5.44. The first-order valence-electron chi connectivity index (χ1n) is 6.46. The highest BCUT2D eigenvalue weighted by Crippen LogP contribution is 2.44. The monoisotopic (exact) mass is 245 g/mol. The zero-order valence-electron chi connectivity index (χ0n) is 11.0. The molecular formula is C15H19NO2. The van der Waals surface area contributed by atoms with Crippen LogP contribution in [0.3, 0.4) is 0 Å². The molecule has 1 aliphatic carbocycles. The molecule has 0 amide bonds. The van der Waals surface area contributed by atoms with Crippen LogP contribution < -0.4 is 4.74 Å². The first kappa shape index (κ1) is 12.8. The molecule has 1 aromatic rings. The third-order valence-corrected chi connectivity index (χ3v) is 3.80. The summed E-state index contributed by atoms with van der Waals surface area (Å²) in [5, 5.41) is 0. The van der Waals surface area contributed by atoms with Crippen molar-refractivity contribution >= 4 is 6.08 Å². The average Bonchev–Trinajstić information content (AvgIpc) is 2.40. The zero-order chi connectivity index (χ0) is 13.0. The van der Waals surface area contributed by atoms with Gasteiger partial charge in [0.1, 0.15) is 11.3 Å². The summed E-state index contributed by atoms with van der Waals surface area (Å²) in [6, 6.07) is 6.07. The topological polar surface area (TPSA) is 38.7 Å². The number of ether oxygens (including phenoxy) is 1. The fraction of sp³-hybridized carbons (Fsp3) is 0.533. The lowest BCUT2D eigenvalue weighted by molar-refractivity contribution is 0.290. The molecule has 0 spiro atoms. The van der Waals surface area contributed by atoms with E-state index >= 15 is 0 Å². The van der Waals surface area contributed by atoms with Crippen molar-refractivity contribution in [3.05, 3.63) is 29.3 Å². The molecular weight excluding hydrogens is 226 g/mol. The van der Waals surface area contributed by atoms with Crippen molar-refractivity contribution in [2.75, 3.05) is 7.11 Å². The third kappa shape index (κ3) is 2.32. The van der Waals surface area contributed by atoms with Crippen molar-refractivity contribution in [3.8, 4) is 5.75 Å². The van der Waals surface area contributed by atoms with E-state index in [1.807, 2.05) is 19.1 Å². The fourth-order valence-corrected chi connectivity index (χ4v) is 2.85. The molecule has 0 heterocycles. The Morgan fingerprint density at radius 1 is 1.28 bits per heavy atom. The summed E-state index contributed by atoms with van der Waals surface area (Å²) >= 11 is 0. The number of isocyanates is 1. The minimum atomic E-state index is -0.419. The first-order chi connectivity index (χ1) is 8.72. The number of carbonyl (C=O) groups excluding carboxylic acids is 1. The Morgan fingerprint density at radius 3 is 2.61 bits per heavy atom. The van der Waals surface area contributed by atoms with Gasteiger partial charge in [-0.2, -0.15) is 4.99 Å². The number of nitrogens with zero attached hydrogens (tertiary/aromatic N) is 1. The van der Waals surface area contributed by atoms with Gasteiger partial charge in [0.15, 0.2) is 0 Å². The van der Waals surface area contributed by atoms with E-state index < -0.39 is 5.54 Å². The maximum Gasteiger partial charge on any atom is 0.235 e. The van der Waals surface area contributed by atoms with Gasteiger partial charge in [0.25, 0.3) is 0 Å². The summed E-state index contributed by atoms with van der Waals surface area (Å²) in [5.74, 6) is 0.821. The fourth-order valence-electron chi connectivity index (χ4n) is 2.85. The summed E-state index contributed by atoms with van der Waals surface area (Å²) in [7, 11) is 1.66. The van der Waals surface area contributed by atoms with E-state index in [-0.39, 0.29) is 0 Å². The molecule has 3 nitrogen and oxygen atoms in total. The largest absolute Gasteiger partial charge is 0.496 e. The third-order valence-electron chi connectivity index (χ3n) is 3.80. The molecule has 0 saturated heterocycles. The van der Waals surface area contributed by atoms with Gasteiger partial charge in [-0.15, -0.1) is 0 Å². The lowest BCUT2D eigenvalue weighted by Crippen LogP contribution is -2.27. The number of methoxy groups -OCH3 is 1. The van der Waals surface area contributed by atoms with E-state index in [2.05, 4.69) is 11.1 Å². The number of hydrogen-bond acceptors (Lipinski definition) is 3. The number of hydrogen-bond donors (Lipinski definition) is 0. The second kappa shape index (κ2) is 5.36. The van der Waals surface area contributed by atoms with Crippen molar-refractivity contribution in [2.45, 2.75) is 44.6 Å². The van der Waals surface area contributed by atoms with Crippen LogP contribution in [0.4, 0.5) is 0 Å². The molecule has 0 atom stereocenters. The SMILES string of the molecule is COc1ccc(C)cc1C1(N=C=O)CCCCC1. The highest BCUT2D eigenvalue weighted by Gasteiger charge is 2.36. The van der Waals surface area contributed by atoms with Gasteiger partial charge in [-0.1, -0.05) is 30.9 Å². The molecule has 0 bridgehead atoms. The molecule has 1 fully saturated rings. The molecule has 0 aliphatic heterocycles. The van der Waals surface area contributed by atoms with E-state index in [4.69, 9.17) is 4.74 Å². The predicted molar refractivity (Wildman–Crippen MR) is 70.6 cm³/mol. The molecule has 0 N–H and O–H groups in total. The zero-order valence-corrected chi connectivity index (χ0v) is 11.0. The van der Waals surface area contributed by atoms with E-state index in [1.54, 1.807) is 13.2 Å². The Balaban J connectivity index is 2.53. The van der Waals surface area contributed by atoms with Crippen LogP contribution >= 0.6 is 0 Å². The Hall–Kier alpha value is -1.60. The smallest absolute Gasteiger partial charge is 0.235 e. The predicted octanol–water partition coefficient (Wildman–Crippen LogP) is 3.50. The van der Waals surface area contributed by atoms with Crippen molar-refractivity contribution in [3.63, 3.8) is 0 Å². The normalized spacial score (nSPS) is 17.9. The first-order valence-corrected chi connectivity index (χ1v) is 6.46. The lowest BCUT2D eigenvalue weighted by atomic mass is 9.76. The van der Waals surface area contributed by atoms with Crippen molar-refractivity contribution < 1.29 is 9.53 Å². The molecule has 96 valence electrons. The minimum absolute atomic E-state index is 0.419. The van der Waals surface area contributed by atoms with Crippen LogP contribution in [-0.2, 0) is 10.3 Å². The average molecular weight is 245 g/mol. The molecule has 18 heavy (non-hydrogen) atoms. The number of aliphatic imine (C=N–C) groups is 1. The van der Waals surface area contributed by atoms with Crippen LogP contribution in [-0.4, -0.2) is 13.2 Å². The molecule has 0 unspecified atom stereocenters. The van der Waals surface area contributed by atoms with Crippen LogP contribution in [0.1, 0.15) is 43.2 Å². The van der Waals surface area contributed by atoms with E-state index in [0.29, 0.717) is 0 Å². The van der Waals surface area contributed by atoms with Gasteiger partial charge in [0.05, 0.1) is 7.11 Å². The molecule has 2 rings (SSSR count). The minimum Gasteiger partial charge on any atom is -0.496 e. The van der Waals surface area contributed by atoms with Crippen LogP contribution in [0.2, 0.25) is 0 Å². The maximum absolute atomic E-state index is 10.8. The van der Waals surface area contributed by atoms with Gasteiger partial charge >= 0.3 is 0 Å². The van der Waals surface area contributed by atoms with E-state index in [9.17, 15) is 4.79 Å². The van der Waals surface area contributed by atoms with Gasteiger partial charge in [0.2, 0.25) is 6.08 Å². The second-order valence-electron chi connectivity index (χ2n) is 5.00. The number of rotatable bonds is 3. The molecule has 0 aromatic heterocycles. The molecule has 1 aromatic carbocycles. The Bertz CT molecular complexity index is 469. The van der Waals surface area contributed by atoms with Gasteiger partial charge in [-0.05, 0) is 31.9 Å². The maximum atomic E-state index is 10.8. The van der Waals surface area contributed by atoms with Crippen molar-refractivity contribution in [1.82, 2.24) is 0 Å². The molecule has 1 aliphatic rings. The highest BCUT2D eigenvalue weighted by atomic mass is 16.5. The van der Waals surface area contributed by atoms with Crippen LogP contribution in [0.25, 0.3) is 0 Å². The Morgan fingerprint density at radius 2 is 2.00 bits per heavy atom. The van der Waals surface area contributed by atoms with Gasteiger partial charge in [0, 0.05) is 5.56 Å². The second-order valence-corrected chi connectivity index (χ2v) is 5.00. The quantitative estimate of drug-likeness (QED) is 0.604.